The Labute approximate surface area is 467 Å². The van der Waals surface area contributed by atoms with Crippen molar-refractivity contribution in [3.63, 3.8) is 0 Å². The van der Waals surface area contributed by atoms with E-state index in [0.717, 1.165) is 0 Å². The van der Waals surface area contributed by atoms with Crippen molar-refractivity contribution >= 4 is 60.4 Å². The van der Waals surface area contributed by atoms with Crippen molar-refractivity contribution in [3.05, 3.63) is 0 Å². The van der Waals surface area contributed by atoms with E-state index in [1.807, 2.05) is 6.92 Å². The van der Waals surface area contributed by atoms with Crippen LogP contribution in [-0.2, 0) is 76.3 Å². The van der Waals surface area contributed by atoms with Gasteiger partial charge in [-0.25, -0.2) is 9.59 Å². The van der Waals surface area contributed by atoms with Gasteiger partial charge in [0.15, 0.2) is 0 Å². The molecule has 470 valence electrons. The third-order valence-electron chi connectivity index (χ3n) is 10.2. The fraction of sp³-hybridized carbons (Fsp3) is 0.800. The van der Waals surface area contributed by atoms with Gasteiger partial charge in [0, 0.05) is 88.1 Å². The second-order valence-electron chi connectivity index (χ2n) is 19.6. The number of carbonyl (C=O) groups excluding carboxylic acids is 10. The smallest absolute Gasteiger partial charge is 0.407 e. The molecule has 0 saturated carbocycles. The summed E-state index contributed by atoms with van der Waals surface area (Å²) in [7, 11) is 8.97. The molecule has 0 bridgehead atoms. The van der Waals surface area contributed by atoms with Crippen LogP contribution in [0.25, 0.3) is 0 Å². The van der Waals surface area contributed by atoms with Gasteiger partial charge in [-0.2, -0.15) is 6.41 Å². The zero-order valence-electron chi connectivity index (χ0n) is 49.5. The Kier molecular flexibility index (Phi) is 44.3. The normalized spacial score (nSPS) is 10.9. The van der Waals surface area contributed by atoms with E-state index in [1.54, 1.807) is 48.6 Å². The Hall–Kier alpha value is -6.98. The fourth-order valence-corrected chi connectivity index (χ4v) is 5.64. The van der Waals surface area contributed by atoms with E-state index in [9.17, 15) is 47.9 Å². The second-order valence-corrected chi connectivity index (χ2v) is 19.6. The Morgan fingerprint density at radius 1 is 0.450 bits per heavy atom. The largest absolute Gasteiger partial charge is 0.522 e. The van der Waals surface area contributed by atoms with Gasteiger partial charge in [-0.3, -0.25) is 38.5 Å². The van der Waals surface area contributed by atoms with Gasteiger partial charge in [-0.1, -0.05) is 0 Å². The van der Waals surface area contributed by atoms with E-state index in [-0.39, 0.29) is 70.1 Å². The van der Waals surface area contributed by atoms with Gasteiger partial charge < -0.3 is 93.4 Å². The minimum Gasteiger partial charge on any atom is -0.522 e. The van der Waals surface area contributed by atoms with Crippen molar-refractivity contribution < 1.29 is 85.8 Å². The molecule has 0 rings (SSSR count). The van der Waals surface area contributed by atoms with Crippen LogP contribution in [0.4, 0.5) is 9.59 Å². The summed E-state index contributed by atoms with van der Waals surface area (Å²) in [6.07, 6.45) is 0.928. The van der Waals surface area contributed by atoms with Crippen molar-refractivity contribution in [1.82, 2.24) is 55.6 Å². The summed E-state index contributed by atoms with van der Waals surface area (Å²) in [5.41, 5.74) is -1.17. The van der Waals surface area contributed by atoms with Crippen LogP contribution in [0.1, 0.15) is 48.5 Å². The number of hydrogen-bond acceptors (Lipinski definition) is 19. The molecule has 0 aromatic rings. The number of amides is 10. The maximum atomic E-state index is 12.3. The molecule has 30 heteroatoms. The molecule has 0 heterocycles. The Bertz CT molecular complexity index is 1750. The molecule has 0 aromatic carbocycles. The second kappa shape index (κ2) is 45.8. The number of hydrogen-bond donors (Lipinski definition) is 4. The fourth-order valence-electron chi connectivity index (χ4n) is 5.64. The van der Waals surface area contributed by atoms with Crippen molar-refractivity contribution in [2.75, 3.05) is 207 Å². The molecule has 80 heavy (non-hydrogen) atoms. The van der Waals surface area contributed by atoms with Crippen LogP contribution in [-0.4, -0.2) is 313 Å². The van der Waals surface area contributed by atoms with E-state index in [4.69, 9.17) is 37.9 Å². The van der Waals surface area contributed by atoms with Crippen molar-refractivity contribution in [2.45, 2.75) is 59.7 Å². The van der Waals surface area contributed by atoms with Gasteiger partial charge >= 0.3 is 12.2 Å². The van der Waals surface area contributed by atoms with Gasteiger partial charge in [-0.05, 0) is 48.5 Å². The first-order chi connectivity index (χ1) is 37.2. The molecule has 10 amide bonds. The number of nitrogens with zero attached hydrogens (tertiary/aromatic N) is 7. The number of rotatable bonds is 42. The molecular formula is C50H94FmN11O18-. The number of carbonyl (C=O) groups is 9. The molecular weight excluding hydrogens is 1300 g/mol. The molecule has 29 nitrogen and oxygen atoms in total. The van der Waals surface area contributed by atoms with Crippen LogP contribution in [0.3, 0.4) is 0 Å². The van der Waals surface area contributed by atoms with E-state index in [2.05, 4.69) is 26.2 Å². The topological polar surface area (TPSA) is 315 Å². The summed E-state index contributed by atoms with van der Waals surface area (Å²) in [6, 6.07) is 0. The molecule has 0 saturated heterocycles. The summed E-state index contributed by atoms with van der Waals surface area (Å²) < 4.78 is 43.8. The van der Waals surface area contributed by atoms with Crippen LogP contribution < -0.4 is 21.3 Å². The van der Waals surface area contributed by atoms with Gasteiger partial charge in [0.2, 0.25) is 41.9 Å². The summed E-state index contributed by atoms with van der Waals surface area (Å²) >= 11 is 0. The van der Waals surface area contributed by atoms with Crippen LogP contribution in [0.15, 0.2) is 0 Å². The third kappa shape index (κ3) is 46.0. The van der Waals surface area contributed by atoms with Crippen LogP contribution in [0.2, 0.25) is 0 Å². The first-order valence-corrected chi connectivity index (χ1v) is 26.0. The maximum absolute atomic E-state index is 12.3. The Balaban J connectivity index is -0.00000237. The molecule has 4 N–H and O–H groups in total. The average Bonchev–Trinajstić information content (AvgIpc) is 3.36. The number of nitrogens with one attached hydrogen (secondary N) is 4. The monoisotopic (exact) mass is 1390 g/mol. The summed E-state index contributed by atoms with van der Waals surface area (Å²) in [5.74, 6) is -2.10. The minimum absolute atomic E-state index is 0. The van der Waals surface area contributed by atoms with E-state index in [1.165, 1.54) is 71.0 Å². The summed E-state index contributed by atoms with van der Waals surface area (Å²) in [4.78, 5) is 126. The van der Waals surface area contributed by atoms with Gasteiger partial charge in [-0.15, -0.1) is 0 Å². The molecule has 0 atom stereocenters. The maximum Gasteiger partial charge on any atom is 0.407 e. The minimum atomic E-state index is -0.586. The quantitative estimate of drug-likeness (QED) is 0.0214. The summed E-state index contributed by atoms with van der Waals surface area (Å²) in [6.45, 7) is 19.6. The number of ether oxygens (including phenoxy) is 8. The molecule has 0 radical (unpaired) electrons. The van der Waals surface area contributed by atoms with Crippen LogP contribution in [0.5, 0.6) is 0 Å². The molecule has 0 aliphatic rings. The third-order valence-corrected chi connectivity index (χ3v) is 10.2. The zero-order chi connectivity index (χ0) is 60.2. The van der Waals surface area contributed by atoms with Gasteiger partial charge in [0.1, 0.15) is 11.2 Å². The van der Waals surface area contributed by atoms with E-state index >= 15 is 0 Å². The van der Waals surface area contributed by atoms with Gasteiger partial charge in [0.25, 0.3) is 0 Å². The molecule has 0 spiro atoms. The molecule has 0 aliphatic heterocycles. The predicted molar refractivity (Wildman–Crippen MR) is 289 cm³/mol. The Morgan fingerprint density at radius 3 is 1.18 bits per heavy atom. The zero-order valence-corrected chi connectivity index (χ0v) is 51.9. The molecule has 0 aromatic heterocycles. The van der Waals surface area contributed by atoms with Crippen molar-refractivity contribution in [3.8, 4) is 0 Å². The van der Waals surface area contributed by atoms with E-state index < -0.39 is 41.1 Å². The van der Waals surface area contributed by atoms with Gasteiger partial charge in [0.05, 0.1) is 119 Å². The summed E-state index contributed by atoms with van der Waals surface area (Å²) in [5, 5.41) is 10.3. The SMILES string of the molecule is CCN(C)C(=O)CN(C)C(=O)CN(C)C(=O)CN[C-]=O.CN(C=O)CC(=O)N(C)CC(=O)N(C)CC(=O)NCCOCCOCCOCCOCCOCCOCCN(CCNC(=O)OC(C)(C)C)CCNC(=O)OC(C)(C)C.[Fm]. The molecule has 0 unspecified atom stereocenters. The Morgan fingerprint density at radius 2 is 0.800 bits per heavy atom. The average molecular weight is 1390 g/mol. The van der Waals surface area contributed by atoms with E-state index in [0.29, 0.717) is 118 Å². The van der Waals surface area contributed by atoms with Crippen molar-refractivity contribution in [2.24, 2.45) is 0 Å². The molecule has 0 aliphatic carbocycles. The number of alkyl carbamates (subject to hydrolysis) is 2. The van der Waals surface area contributed by atoms with Crippen molar-refractivity contribution in [1.29, 1.82) is 0 Å². The first kappa shape index (κ1) is 77.3. The first-order valence-electron chi connectivity index (χ1n) is 26.0. The van der Waals surface area contributed by atoms with Crippen LogP contribution in [0, 0.1) is 0 Å². The number of likely N-dealkylation sites (N-methyl/N-ethyl adjacent to an activating group) is 6. The van der Waals surface area contributed by atoms with Crippen LogP contribution >= 0.6 is 0 Å². The standard InChI is InChI=1S/C38H73N7O14.C12H21N4O4.Fm/c1-37(2,3)58-35(50)40-10-13-45(14-11-41-36(51)59-38(4,5)6)15-17-53-19-21-55-23-25-57-27-26-56-24-22-54-20-18-52-16-12-39-32(47)28-43(8)34(49)30-44(9)33(48)29-42(7)31-46;1-5-14(2)11(19)7-16(4)12(20)8-15(3)10(18)6-13-9-17;/h31H,10-30H2,1-9H3,(H,39,47)(H,40,50)(H,41,51);5-8H2,1-4H3,(H,13,17);/q;-1;. The predicted octanol–water partition coefficient (Wildman–Crippen LogP) is -2.40. The molecule has 0 fully saturated rings.